The van der Waals surface area contributed by atoms with Crippen molar-refractivity contribution in [3.05, 3.63) is 35.9 Å². The molecule has 0 aromatic heterocycles. The lowest BCUT2D eigenvalue weighted by molar-refractivity contribution is -0.160. The van der Waals surface area contributed by atoms with Gasteiger partial charge in [0.25, 0.3) is 0 Å². The molecule has 0 bridgehead atoms. The minimum Gasteiger partial charge on any atom is -0.480 e. The first kappa shape index (κ1) is 12.2. The molecule has 1 unspecified atom stereocenters. The van der Waals surface area contributed by atoms with Crippen molar-refractivity contribution < 1.29 is 19.4 Å². The number of carboxylic acids is 1. The zero-order valence-corrected chi connectivity index (χ0v) is 8.84. The van der Waals surface area contributed by atoms with E-state index in [9.17, 15) is 9.59 Å². The van der Waals surface area contributed by atoms with Crippen LogP contribution in [-0.4, -0.2) is 23.8 Å². The molecule has 0 fully saturated rings. The second-order valence-electron chi connectivity index (χ2n) is 3.39. The summed E-state index contributed by atoms with van der Waals surface area (Å²) >= 11 is 0. The largest absolute Gasteiger partial charge is 0.480 e. The Morgan fingerprint density at radius 2 is 1.94 bits per heavy atom. The van der Waals surface area contributed by atoms with Crippen LogP contribution in [0.2, 0.25) is 0 Å². The van der Waals surface area contributed by atoms with Gasteiger partial charge in [0, 0.05) is 0 Å². The molecular weight excluding hydrogens is 210 g/mol. The van der Waals surface area contributed by atoms with Gasteiger partial charge in [0.05, 0.1) is 0 Å². The van der Waals surface area contributed by atoms with Crippen LogP contribution in [0.25, 0.3) is 0 Å². The molecule has 0 amide bonds. The number of esters is 1. The fourth-order valence-electron chi connectivity index (χ4n) is 1.32. The zero-order valence-electron chi connectivity index (χ0n) is 8.84. The van der Waals surface area contributed by atoms with Gasteiger partial charge in [-0.1, -0.05) is 30.3 Å². The second kappa shape index (κ2) is 4.76. The number of nitrogens with two attached hydrogens (primary N) is 1. The van der Waals surface area contributed by atoms with Crippen molar-refractivity contribution in [3.8, 4) is 0 Å². The van der Waals surface area contributed by atoms with Gasteiger partial charge in [-0.3, -0.25) is 15.3 Å². The van der Waals surface area contributed by atoms with Crippen molar-refractivity contribution in [1.82, 2.24) is 0 Å². The van der Waals surface area contributed by atoms with Crippen LogP contribution in [0.3, 0.4) is 0 Å². The Bertz CT molecular complexity index is 390. The van der Waals surface area contributed by atoms with Gasteiger partial charge in [-0.05, 0) is 12.5 Å². The van der Waals surface area contributed by atoms with Gasteiger partial charge >= 0.3 is 11.9 Å². The van der Waals surface area contributed by atoms with Gasteiger partial charge in [-0.15, -0.1) is 0 Å². The standard InChI is InChI=1S/C11H13NO4/c1-11(9(13)14,10(15)16-7-12)8-5-3-2-4-6-8/h2-6H,7,12H2,1H3,(H,13,14). The molecule has 1 aromatic carbocycles. The van der Waals surface area contributed by atoms with Crippen molar-refractivity contribution in [2.75, 3.05) is 6.73 Å². The Morgan fingerprint density at radius 3 is 2.38 bits per heavy atom. The van der Waals surface area contributed by atoms with E-state index >= 15 is 0 Å². The third-order valence-corrected chi connectivity index (χ3v) is 2.40. The van der Waals surface area contributed by atoms with Gasteiger partial charge in [-0.2, -0.15) is 0 Å². The average Bonchev–Trinajstić information content (AvgIpc) is 2.29. The van der Waals surface area contributed by atoms with Crippen LogP contribution in [0.1, 0.15) is 12.5 Å². The number of carbonyl (C=O) groups excluding carboxylic acids is 1. The predicted molar refractivity (Wildman–Crippen MR) is 56.6 cm³/mol. The second-order valence-corrected chi connectivity index (χ2v) is 3.39. The monoisotopic (exact) mass is 223 g/mol. The molecule has 5 heteroatoms. The fourth-order valence-corrected chi connectivity index (χ4v) is 1.32. The number of carboxylic acid groups (broad SMARTS) is 1. The van der Waals surface area contributed by atoms with E-state index in [1.807, 2.05) is 0 Å². The average molecular weight is 223 g/mol. The maximum Gasteiger partial charge on any atom is 0.329 e. The van der Waals surface area contributed by atoms with Crippen LogP contribution < -0.4 is 5.73 Å². The van der Waals surface area contributed by atoms with E-state index in [0.29, 0.717) is 5.56 Å². The van der Waals surface area contributed by atoms with Gasteiger partial charge in [0.15, 0.2) is 5.41 Å². The van der Waals surface area contributed by atoms with Crippen molar-refractivity contribution in [2.24, 2.45) is 5.73 Å². The van der Waals surface area contributed by atoms with Crippen LogP contribution in [0.4, 0.5) is 0 Å². The molecule has 0 saturated heterocycles. The van der Waals surface area contributed by atoms with Crippen molar-refractivity contribution in [1.29, 1.82) is 0 Å². The van der Waals surface area contributed by atoms with Crippen LogP contribution in [-0.2, 0) is 19.7 Å². The van der Waals surface area contributed by atoms with Gasteiger partial charge in [0.1, 0.15) is 6.73 Å². The highest BCUT2D eigenvalue weighted by Gasteiger charge is 2.44. The molecule has 5 nitrogen and oxygen atoms in total. The quantitative estimate of drug-likeness (QED) is 0.440. The highest BCUT2D eigenvalue weighted by molar-refractivity contribution is 6.05. The van der Waals surface area contributed by atoms with Crippen molar-refractivity contribution >= 4 is 11.9 Å². The Morgan fingerprint density at radius 1 is 1.38 bits per heavy atom. The normalized spacial score (nSPS) is 13.9. The van der Waals surface area contributed by atoms with Crippen LogP contribution in [0.15, 0.2) is 30.3 Å². The van der Waals surface area contributed by atoms with E-state index in [2.05, 4.69) is 4.74 Å². The smallest absolute Gasteiger partial charge is 0.329 e. The summed E-state index contributed by atoms with van der Waals surface area (Å²) in [5, 5.41) is 9.14. The summed E-state index contributed by atoms with van der Waals surface area (Å²) in [4.78, 5) is 22.8. The molecule has 0 aliphatic heterocycles. The van der Waals surface area contributed by atoms with Crippen LogP contribution in [0, 0.1) is 0 Å². The Hall–Kier alpha value is -1.88. The van der Waals surface area contributed by atoms with Gasteiger partial charge < -0.3 is 9.84 Å². The van der Waals surface area contributed by atoms with Crippen LogP contribution >= 0.6 is 0 Å². The SMILES string of the molecule is CC(C(=O)O)(C(=O)OCN)c1ccccc1. The highest BCUT2D eigenvalue weighted by atomic mass is 16.5. The summed E-state index contributed by atoms with van der Waals surface area (Å²) in [7, 11) is 0. The predicted octanol–water partition coefficient (Wildman–Crippen LogP) is 0.488. The lowest BCUT2D eigenvalue weighted by Crippen LogP contribution is -2.42. The lowest BCUT2D eigenvalue weighted by atomic mass is 9.82. The minimum atomic E-state index is -1.72. The number of hydrogen-bond acceptors (Lipinski definition) is 4. The summed E-state index contributed by atoms with van der Waals surface area (Å²) in [6.07, 6.45) is 0. The molecule has 0 aliphatic carbocycles. The van der Waals surface area contributed by atoms with E-state index in [-0.39, 0.29) is 6.73 Å². The summed E-state index contributed by atoms with van der Waals surface area (Å²) in [5.74, 6) is -2.13. The van der Waals surface area contributed by atoms with E-state index in [0.717, 1.165) is 0 Å². The summed E-state index contributed by atoms with van der Waals surface area (Å²) in [6, 6.07) is 8.18. The molecule has 0 saturated carbocycles. The third kappa shape index (κ3) is 2.04. The molecule has 1 atom stereocenters. The molecule has 1 rings (SSSR count). The summed E-state index contributed by atoms with van der Waals surface area (Å²) in [5.41, 5.74) is 3.71. The van der Waals surface area contributed by atoms with E-state index in [4.69, 9.17) is 10.8 Å². The van der Waals surface area contributed by atoms with Crippen molar-refractivity contribution in [3.63, 3.8) is 0 Å². The summed E-state index contributed by atoms with van der Waals surface area (Å²) in [6.45, 7) is 0.956. The molecule has 0 heterocycles. The number of rotatable bonds is 4. The Kier molecular flexibility index (Phi) is 3.63. The molecular formula is C11H13NO4. The molecule has 0 aliphatic rings. The van der Waals surface area contributed by atoms with E-state index < -0.39 is 17.4 Å². The zero-order chi connectivity index (χ0) is 12.2. The number of ether oxygens (including phenoxy) is 1. The molecule has 16 heavy (non-hydrogen) atoms. The molecule has 0 radical (unpaired) electrons. The number of hydrogen-bond donors (Lipinski definition) is 2. The molecule has 3 N–H and O–H groups in total. The minimum absolute atomic E-state index is 0.339. The molecule has 0 spiro atoms. The molecule has 86 valence electrons. The highest BCUT2D eigenvalue weighted by Crippen LogP contribution is 2.25. The number of aliphatic carboxylic acids is 1. The lowest BCUT2D eigenvalue weighted by Gasteiger charge is -2.22. The Balaban J connectivity index is 3.17. The topological polar surface area (TPSA) is 89.6 Å². The van der Waals surface area contributed by atoms with E-state index in [1.165, 1.54) is 6.92 Å². The summed E-state index contributed by atoms with van der Waals surface area (Å²) < 4.78 is 4.58. The number of carbonyl (C=O) groups is 2. The van der Waals surface area contributed by atoms with E-state index in [1.54, 1.807) is 30.3 Å². The van der Waals surface area contributed by atoms with Crippen molar-refractivity contribution in [2.45, 2.75) is 12.3 Å². The van der Waals surface area contributed by atoms with Gasteiger partial charge in [0.2, 0.25) is 0 Å². The number of benzene rings is 1. The Labute approximate surface area is 92.8 Å². The third-order valence-electron chi connectivity index (χ3n) is 2.40. The first-order valence-electron chi connectivity index (χ1n) is 4.69. The van der Waals surface area contributed by atoms with Gasteiger partial charge in [-0.25, -0.2) is 0 Å². The maximum atomic E-state index is 11.6. The first-order chi connectivity index (χ1) is 7.53. The first-order valence-corrected chi connectivity index (χ1v) is 4.69. The maximum absolute atomic E-state index is 11.6. The van der Waals surface area contributed by atoms with Crippen LogP contribution in [0.5, 0.6) is 0 Å². The molecule has 1 aromatic rings. The fraction of sp³-hybridized carbons (Fsp3) is 0.273.